The van der Waals surface area contributed by atoms with Crippen LogP contribution in [0.3, 0.4) is 0 Å². The standard InChI is InChI=1S/C21H23N5O5S/c1-25-8-10-26(11-9-25)32(30,31)16-6-7-18-17(13-16)20(21(29)22-18)24-23-19(28)12-14-2-4-15(27)5-3-14/h2-7,13,22,27,29H,8-12H2,1H3. The van der Waals surface area contributed by atoms with Crippen molar-refractivity contribution >= 4 is 32.5 Å². The Hall–Kier alpha value is -3.28. The third-order valence-corrected chi connectivity index (χ3v) is 7.27. The summed E-state index contributed by atoms with van der Waals surface area (Å²) < 4.78 is 27.5. The van der Waals surface area contributed by atoms with Crippen molar-refractivity contribution in [3.05, 3.63) is 48.0 Å². The van der Waals surface area contributed by atoms with Crippen molar-refractivity contribution in [2.45, 2.75) is 11.3 Å². The molecule has 2 aromatic carbocycles. The van der Waals surface area contributed by atoms with E-state index in [4.69, 9.17) is 0 Å². The summed E-state index contributed by atoms with van der Waals surface area (Å²) in [7, 11) is -1.77. The maximum atomic E-state index is 13.1. The molecule has 168 valence electrons. The van der Waals surface area contributed by atoms with Crippen LogP contribution < -0.4 is 0 Å². The van der Waals surface area contributed by atoms with E-state index in [1.54, 1.807) is 18.2 Å². The highest BCUT2D eigenvalue weighted by Gasteiger charge is 2.28. The second-order valence-corrected chi connectivity index (χ2v) is 9.61. The number of nitrogens with zero attached hydrogens (tertiary/aromatic N) is 4. The minimum atomic E-state index is -3.71. The number of piperazine rings is 1. The van der Waals surface area contributed by atoms with Gasteiger partial charge in [-0.3, -0.25) is 4.79 Å². The van der Waals surface area contributed by atoms with Crippen molar-refractivity contribution in [2.75, 3.05) is 33.2 Å². The molecule has 0 spiro atoms. The number of carbonyl (C=O) groups is 1. The van der Waals surface area contributed by atoms with Crippen LogP contribution in [0.4, 0.5) is 5.69 Å². The predicted octanol–water partition coefficient (Wildman–Crippen LogP) is 2.37. The molecule has 0 saturated carbocycles. The number of sulfonamides is 1. The van der Waals surface area contributed by atoms with Crippen molar-refractivity contribution in [3.63, 3.8) is 0 Å². The zero-order valence-corrected chi connectivity index (χ0v) is 18.2. The summed E-state index contributed by atoms with van der Waals surface area (Å²) in [4.78, 5) is 17.0. The average molecular weight is 458 g/mol. The molecule has 3 N–H and O–H groups in total. The topological polar surface area (TPSA) is 139 Å². The molecule has 0 radical (unpaired) electrons. The van der Waals surface area contributed by atoms with E-state index in [0.717, 1.165) is 0 Å². The number of H-pyrrole nitrogens is 1. The molecule has 1 aliphatic heterocycles. The van der Waals surface area contributed by atoms with Crippen molar-refractivity contribution in [1.29, 1.82) is 0 Å². The van der Waals surface area contributed by atoms with Crippen LogP contribution >= 0.6 is 0 Å². The van der Waals surface area contributed by atoms with E-state index < -0.39 is 15.9 Å². The molecule has 0 aliphatic carbocycles. The lowest BCUT2D eigenvalue weighted by Crippen LogP contribution is -2.46. The smallest absolute Gasteiger partial charge is 0.269 e. The summed E-state index contributed by atoms with van der Waals surface area (Å²) in [5.41, 5.74) is 1.12. The molecule has 1 saturated heterocycles. The highest BCUT2D eigenvalue weighted by Crippen LogP contribution is 2.37. The van der Waals surface area contributed by atoms with Crippen LogP contribution in [-0.4, -0.2) is 72.0 Å². The van der Waals surface area contributed by atoms with Crippen LogP contribution in [0.2, 0.25) is 0 Å². The van der Waals surface area contributed by atoms with Crippen LogP contribution in [0.25, 0.3) is 10.9 Å². The SMILES string of the molecule is CN1CCN(S(=O)(=O)c2ccc3[nH]c(O)c(N=NC(=O)Cc4ccc(O)cc4)c3c2)CC1. The number of aromatic nitrogens is 1. The van der Waals surface area contributed by atoms with Gasteiger partial charge in [0.05, 0.1) is 16.8 Å². The first-order chi connectivity index (χ1) is 15.2. The van der Waals surface area contributed by atoms with Gasteiger partial charge < -0.3 is 20.1 Å². The van der Waals surface area contributed by atoms with Gasteiger partial charge in [-0.05, 0) is 42.9 Å². The lowest BCUT2D eigenvalue weighted by molar-refractivity contribution is -0.117. The number of phenolic OH excluding ortho intramolecular Hbond substituents is 1. The van der Waals surface area contributed by atoms with E-state index in [2.05, 4.69) is 20.1 Å². The normalized spacial score (nSPS) is 16.2. The number of aromatic amines is 1. The van der Waals surface area contributed by atoms with Crippen LogP contribution in [0.1, 0.15) is 5.56 Å². The molecule has 4 rings (SSSR count). The lowest BCUT2D eigenvalue weighted by Gasteiger charge is -2.31. The molecule has 0 atom stereocenters. The van der Waals surface area contributed by atoms with Crippen molar-refractivity contribution in [3.8, 4) is 11.6 Å². The van der Waals surface area contributed by atoms with Crippen LogP contribution in [0.5, 0.6) is 11.6 Å². The minimum absolute atomic E-state index is 0.00511. The number of fused-ring (bicyclic) bond motifs is 1. The van der Waals surface area contributed by atoms with E-state index >= 15 is 0 Å². The second-order valence-electron chi connectivity index (χ2n) is 7.67. The van der Waals surface area contributed by atoms with Crippen LogP contribution in [0, 0.1) is 0 Å². The number of benzene rings is 2. The molecule has 1 fully saturated rings. The van der Waals surface area contributed by atoms with Crippen LogP contribution in [-0.2, 0) is 21.2 Å². The molecule has 11 heteroatoms. The van der Waals surface area contributed by atoms with Gasteiger partial charge >= 0.3 is 0 Å². The maximum absolute atomic E-state index is 13.1. The van der Waals surface area contributed by atoms with Crippen molar-refractivity contribution in [2.24, 2.45) is 10.2 Å². The summed E-state index contributed by atoms with van der Waals surface area (Å²) in [5, 5.41) is 27.4. The van der Waals surface area contributed by atoms with Gasteiger partial charge in [-0.1, -0.05) is 12.1 Å². The molecule has 0 unspecified atom stereocenters. The van der Waals surface area contributed by atoms with E-state index in [-0.39, 0.29) is 28.6 Å². The molecule has 3 aromatic rings. The first kappa shape index (κ1) is 21.9. The van der Waals surface area contributed by atoms with E-state index in [9.17, 15) is 23.4 Å². The fourth-order valence-electron chi connectivity index (χ4n) is 3.51. The van der Waals surface area contributed by atoms with Gasteiger partial charge in [-0.15, -0.1) is 10.2 Å². The van der Waals surface area contributed by atoms with Gasteiger partial charge in [0.25, 0.3) is 5.91 Å². The van der Waals surface area contributed by atoms with Gasteiger partial charge in [-0.25, -0.2) is 8.42 Å². The largest absolute Gasteiger partial charge is 0.508 e. The molecule has 2 heterocycles. The molecule has 10 nitrogen and oxygen atoms in total. The Morgan fingerprint density at radius 2 is 1.75 bits per heavy atom. The quantitative estimate of drug-likeness (QED) is 0.503. The number of aromatic hydroxyl groups is 2. The Morgan fingerprint density at radius 1 is 1.06 bits per heavy atom. The fourth-order valence-corrected chi connectivity index (χ4v) is 4.96. The monoisotopic (exact) mass is 457 g/mol. The fraction of sp³-hybridized carbons (Fsp3) is 0.286. The predicted molar refractivity (Wildman–Crippen MR) is 118 cm³/mol. The zero-order chi connectivity index (χ0) is 22.9. The maximum Gasteiger partial charge on any atom is 0.269 e. The van der Waals surface area contributed by atoms with E-state index in [0.29, 0.717) is 42.6 Å². The molecule has 32 heavy (non-hydrogen) atoms. The molecule has 1 aliphatic rings. The summed E-state index contributed by atoms with van der Waals surface area (Å²) in [6.45, 7) is 2.09. The molecular weight excluding hydrogens is 434 g/mol. The second kappa shape index (κ2) is 8.69. The molecular formula is C21H23N5O5S. The minimum Gasteiger partial charge on any atom is -0.508 e. The molecule has 1 aromatic heterocycles. The first-order valence-electron chi connectivity index (χ1n) is 10.00. The number of likely N-dealkylation sites (N-methyl/N-ethyl adjacent to an activating group) is 1. The summed E-state index contributed by atoms with van der Waals surface area (Å²) in [5.74, 6) is -0.769. The number of amides is 1. The van der Waals surface area contributed by atoms with Crippen molar-refractivity contribution < 1.29 is 23.4 Å². The Kier molecular flexibility index (Phi) is 5.96. The zero-order valence-electron chi connectivity index (χ0n) is 17.4. The molecule has 0 bridgehead atoms. The number of carbonyl (C=O) groups excluding carboxylic acids is 1. The van der Waals surface area contributed by atoms with Gasteiger partial charge in [0.2, 0.25) is 15.9 Å². The van der Waals surface area contributed by atoms with Crippen LogP contribution in [0.15, 0.2) is 57.6 Å². The van der Waals surface area contributed by atoms with Gasteiger partial charge in [-0.2, -0.15) is 4.31 Å². The Balaban J connectivity index is 1.59. The van der Waals surface area contributed by atoms with E-state index in [1.807, 2.05) is 7.05 Å². The third kappa shape index (κ3) is 4.49. The van der Waals surface area contributed by atoms with Crippen molar-refractivity contribution in [1.82, 2.24) is 14.2 Å². The Morgan fingerprint density at radius 3 is 2.44 bits per heavy atom. The Labute approximate surface area is 184 Å². The molecule has 1 amide bonds. The number of azo groups is 1. The number of rotatable bonds is 5. The number of nitrogens with one attached hydrogen (secondary N) is 1. The highest BCUT2D eigenvalue weighted by molar-refractivity contribution is 7.89. The number of phenols is 1. The lowest BCUT2D eigenvalue weighted by atomic mass is 10.1. The number of hydrogen-bond acceptors (Lipinski definition) is 7. The van der Waals surface area contributed by atoms with Gasteiger partial charge in [0.15, 0.2) is 5.69 Å². The van der Waals surface area contributed by atoms with Gasteiger partial charge in [0.1, 0.15) is 5.75 Å². The highest BCUT2D eigenvalue weighted by atomic mass is 32.2. The Bertz CT molecular complexity index is 1280. The third-order valence-electron chi connectivity index (χ3n) is 5.38. The number of hydrogen-bond donors (Lipinski definition) is 3. The summed E-state index contributed by atoms with van der Waals surface area (Å²) in [6, 6.07) is 10.6. The average Bonchev–Trinajstić information content (AvgIpc) is 3.08. The summed E-state index contributed by atoms with van der Waals surface area (Å²) >= 11 is 0. The van der Waals surface area contributed by atoms with E-state index in [1.165, 1.54) is 28.6 Å². The first-order valence-corrected chi connectivity index (χ1v) is 11.4. The summed E-state index contributed by atoms with van der Waals surface area (Å²) in [6.07, 6.45) is -0.0318. The van der Waals surface area contributed by atoms with Gasteiger partial charge in [0, 0.05) is 31.6 Å².